The minimum Gasteiger partial charge on any atom is -0.386 e. The highest BCUT2D eigenvalue weighted by Gasteiger charge is 2.40. The molecular formula is C33H57N3. The van der Waals surface area contributed by atoms with Crippen LogP contribution < -0.4 is 5.32 Å². The van der Waals surface area contributed by atoms with Crippen molar-refractivity contribution in [2.45, 2.75) is 130 Å². The van der Waals surface area contributed by atoms with Crippen LogP contribution in [0, 0.1) is 29.6 Å². The lowest BCUT2D eigenvalue weighted by Crippen LogP contribution is -2.54. The Morgan fingerprint density at radius 3 is 2.42 bits per heavy atom. The van der Waals surface area contributed by atoms with E-state index in [1.807, 2.05) is 11.1 Å². The molecule has 3 unspecified atom stereocenters. The molecule has 3 heterocycles. The fourth-order valence-electron chi connectivity index (χ4n) is 8.79. The Kier molecular flexibility index (Phi) is 8.57. The van der Waals surface area contributed by atoms with E-state index in [1.165, 1.54) is 96.8 Å². The van der Waals surface area contributed by atoms with E-state index in [1.54, 1.807) is 11.3 Å². The van der Waals surface area contributed by atoms with Gasteiger partial charge in [0.25, 0.3) is 0 Å². The van der Waals surface area contributed by atoms with E-state index in [4.69, 9.17) is 0 Å². The van der Waals surface area contributed by atoms with E-state index >= 15 is 0 Å². The number of hydrogen-bond donors (Lipinski definition) is 1. The molecule has 5 rings (SSSR count). The van der Waals surface area contributed by atoms with Crippen molar-refractivity contribution < 1.29 is 0 Å². The van der Waals surface area contributed by atoms with Gasteiger partial charge in [-0.25, -0.2) is 0 Å². The van der Waals surface area contributed by atoms with Crippen LogP contribution in [0.4, 0.5) is 0 Å². The summed E-state index contributed by atoms with van der Waals surface area (Å²) in [5.41, 5.74) is 7.02. The van der Waals surface area contributed by atoms with E-state index in [9.17, 15) is 0 Å². The molecule has 1 N–H and O–H groups in total. The van der Waals surface area contributed by atoms with Crippen molar-refractivity contribution in [3.8, 4) is 0 Å². The van der Waals surface area contributed by atoms with Crippen LogP contribution in [0.2, 0.25) is 0 Å². The molecule has 6 atom stereocenters. The minimum atomic E-state index is 0.624. The predicted octanol–water partition coefficient (Wildman–Crippen LogP) is 7.40. The lowest BCUT2D eigenvalue weighted by atomic mass is 9.74. The van der Waals surface area contributed by atoms with E-state index in [0.717, 1.165) is 35.6 Å². The van der Waals surface area contributed by atoms with Gasteiger partial charge in [-0.3, -0.25) is 4.90 Å². The molecule has 3 nitrogen and oxygen atoms in total. The van der Waals surface area contributed by atoms with Crippen molar-refractivity contribution in [1.82, 2.24) is 15.1 Å². The summed E-state index contributed by atoms with van der Waals surface area (Å²) in [5.74, 6) is 4.46. The monoisotopic (exact) mass is 495 g/mol. The predicted molar refractivity (Wildman–Crippen MR) is 154 cm³/mol. The lowest BCUT2D eigenvalue weighted by molar-refractivity contribution is 0.0681. The van der Waals surface area contributed by atoms with Gasteiger partial charge in [0, 0.05) is 36.9 Å². The second-order valence-electron chi connectivity index (χ2n) is 13.7. The zero-order valence-electron chi connectivity index (χ0n) is 24.6. The average molecular weight is 496 g/mol. The molecule has 1 saturated heterocycles. The van der Waals surface area contributed by atoms with Crippen LogP contribution in [0.3, 0.4) is 0 Å². The summed E-state index contributed by atoms with van der Waals surface area (Å²) in [6, 6.07) is 2.05. The first kappa shape index (κ1) is 26.8. The Hall–Kier alpha value is -0.800. The molecular weight excluding hydrogens is 438 g/mol. The highest BCUT2D eigenvalue weighted by molar-refractivity contribution is 5.27. The van der Waals surface area contributed by atoms with Gasteiger partial charge in [-0.1, -0.05) is 44.8 Å². The summed E-state index contributed by atoms with van der Waals surface area (Å²) in [4.78, 5) is 5.77. The third-order valence-electron chi connectivity index (χ3n) is 11.4. The molecule has 204 valence electrons. The molecule has 3 aliphatic heterocycles. The Morgan fingerprint density at radius 2 is 1.75 bits per heavy atom. The van der Waals surface area contributed by atoms with Crippen molar-refractivity contribution in [1.29, 1.82) is 0 Å². The molecule has 0 aromatic rings. The molecule has 2 fully saturated rings. The van der Waals surface area contributed by atoms with Crippen LogP contribution in [-0.4, -0.2) is 54.1 Å². The molecule has 3 heteroatoms. The van der Waals surface area contributed by atoms with E-state index < -0.39 is 0 Å². The fraction of sp³-hybridized carbons (Fsp3) is 0.879. The summed E-state index contributed by atoms with van der Waals surface area (Å²) in [6.45, 7) is 19.9. The topological polar surface area (TPSA) is 18.5 Å². The zero-order chi connectivity index (χ0) is 25.4. The SMILES string of the molecule is CCCC1=C(C)[C@@H](C2CC2)C[C@@H](CN2CCC(N3CCC4=C(C[C@H](C(C)CC)C(C)N4)C3C)CC2)C1. The molecule has 0 spiro atoms. The van der Waals surface area contributed by atoms with Gasteiger partial charge in [0.1, 0.15) is 0 Å². The van der Waals surface area contributed by atoms with Crippen LogP contribution in [0.5, 0.6) is 0 Å². The van der Waals surface area contributed by atoms with Crippen molar-refractivity contribution in [3.63, 3.8) is 0 Å². The third-order valence-corrected chi connectivity index (χ3v) is 11.4. The van der Waals surface area contributed by atoms with Gasteiger partial charge < -0.3 is 10.2 Å². The summed E-state index contributed by atoms with van der Waals surface area (Å²) in [6.07, 6.45) is 15.2. The molecule has 2 aliphatic carbocycles. The van der Waals surface area contributed by atoms with E-state index in [2.05, 4.69) is 56.7 Å². The number of nitrogens with zero attached hydrogens (tertiary/aromatic N) is 2. The number of hydrogen-bond acceptors (Lipinski definition) is 3. The van der Waals surface area contributed by atoms with Gasteiger partial charge in [0.05, 0.1) is 0 Å². The second-order valence-corrected chi connectivity index (χ2v) is 13.7. The zero-order valence-corrected chi connectivity index (χ0v) is 24.6. The first-order valence-electron chi connectivity index (χ1n) is 16.0. The standard InChI is InChI=1S/C33H57N3/c1-7-9-28-18-26(19-31(23(28)4)27-10-11-27)21-35-15-12-29(13-16-35)36-17-14-33-32(25(36)6)20-30(22(3)8-2)24(5)34-33/h22,24-27,29-31,34H,7-21H2,1-6H3/t22?,24?,25?,26-,30+,31-/m0/s1. The molecule has 0 amide bonds. The van der Waals surface area contributed by atoms with Crippen LogP contribution in [0.25, 0.3) is 0 Å². The lowest BCUT2D eigenvalue weighted by Gasteiger charge is -2.49. The first-order chi connectivity index (χ1) is 17.4. The van der Waals surface area contributed by atoms with E-state index in [0.29, 0.717) is 12.1 Å². The van der Waals surface area contributed by atoms with Gasteiger partial charge in [0.15, 0.2) is 0 Å². The highest BCUT2D eigenvalue weighted by Crippen LogP contribution is 2.48. The number of piperidine rings is 1. The van der Waals surface area contributed by atoms with Gasteiger partial charge in [0.2, 0.25) is 0 Å². The van der Waals surface area contributed by atoms with Crippen molar-refractivity contribution in [2.24, 2.45) is 29.6 Å². The molecule has 1 saturated carbocycles. The number of nitrogens with one attached hydrogen (secondary N) is 1. The molecule has 5 aliphatic rings. The third kappa shape index (κ3) is 5.63. The Bertz CT molecular complexity index is 815. The van der Waals surface area contributed by atoms with Gasteiger partial charge in [-0.15, -0.1) is 0 Å². The number of likely N-dealkylation sites (tertiary alicyclic amines) is 1. The summed E-state index contributed by atoms with van der Waals surface area (Å²) >= 11 is 0. The van der Waals surface area contributed by atoms with Crippen molar-refractivity contribution >= 4 is 0 Å². The molecule has 0 radical (unpaired) electrons. The van der Waals surface area contributed by atoms with Crippen molar-refractivity contribution in [3.05, 3.63) is 22.4 Å². The van der Waals surface area contributed by atoms with Crippen molar-refractivity contribution in [2.75, 3.05) is 26.2 Å². The van der Waals surface area contributed by atoms with Gasteiger partial charge >= 0.3 is 0 Å². The Morgan fingerprint density at radius 1 is 1.00 bits per heavy atom. The van der Waals surface area contributed by atoms with E-state index in [-0.39, 0.29) is 0 Å². The maximum Gasteiger partial charge on any atom is 0.0302 e. The van der Waals surface area contributed by atoms with Gasteiger partial charge in [-0.2, -0.15) is 0 Å². The van der Waals surface area contributed by atoms with Crippen LogP contribution in [0.15, 0.2) is 22.4 Å². The quantitative estimate of drug-likeness (QED) is 0.354. The summed E-state index contributed by atoms with van der Waals surface area (Å²) < 4.78 is 0. The van der Waals surface area contributed by atoms with Crippen LogP contribution in [0.1, 0.15) is 112 Å². The first-order valence-corrected chi connectivity index (χ1v) is 16.0. The highest BCUT2D eigenvalue weighted by atomic mass is 15.2. The van der Waals surface area contributed by atoms with Gasteiger partial charge in [-0.05, 0) is 127 Å². The minimum absolute atomic E-state index is 0.624. The second kappa shape index (κ2) is 11.5. The Balaban J connectivity index is 1.15. The maximum atomic E-state index is 3.96. The fourth-order valence-corrected chi connectivity index (χ4v) is 8.79. The molecule has 0 aromatic heterocycles. The number of rotatable bonds is 8. The normalized spacial score (nSPS) is 36.1. The maximum absolute atomic E-state index is 3.96. The Labute approximate surface area is 223 Å². The molecule has 36 heavy (non-hydrogen) atoms. The molecule has 0 aromatic carbocycles. The molecule has 0 bridgehead atoms. The summed E-state index contributed by atoms with van der Waals surface area (Å²) in [5, 5.41) is 3.96. The van der Waals surface area contributed by atoms with Crippen LogP contribution >= 0.6 is 0 Å². The number of allylic oxidation sites excluding steroid dienone is 2. The summed E-state index contributed by atoms with van der Waals surface area (Å²) in [7, 11) is 0. The largest absolute Gasteiger partial charge is 0.386 e. The van der Waals surface area contributed by atoms with Crippen LogP contribution in [-0.2, 0) is 0 Å². The average Bonchev–Trinajstić information content (AvgIpc) is 3.72. The smallest absolute Gasteiger partial charge is 0.0302 e.